The van der Waals surface area contributed by atoms with Crippen LogP contribution in [0.15, 0.2) is 63.4 Å². The lowest BCUT2D eigenvalue weighted by Gasteiger charge is -2.26. The highest BCUT2D eigenvalue weighted by atomic mass is 32.2. The second-order valence-corrected chi connectivity index (χ2v) is 11.0. The van der Waals surface area contributed by atoms with Gasteiger partial charge in [0.15, 0.2) is 5.16 Å². The summed E-state index contributed by atoms with van der Waals surface area (Å²) in [4.78, 5) is 30.8. The predicted molar refractivity (Wildman–Crippen MR) is 124 cm³/mol. The fourth-order valence-electron chi connectivity index (χ4n) is 4.56. The Hall–Kier alpha value is -2.65. The topological polar surface area (TPSA) is 89.3 Å². The fourth-order valence-corrected chi connectivity index (χ4v) is 7.24. The standard InChI is InChI=1S/C23H23N3O4S2/c27-21-18-11-5-7-13-20(18)32(29,30)25(21)14-15-31-23-24-19-12-6-4-10-17(19)22(28)26(23)16-8-2-1-3-9-16/h4-7,10-13,16H,1-3,8-9,14-15H2. The average Bonchev–Trinajstić information content (AvgIpc) is 3.00. The Kier molecular flexibility index (Phi) is 5.54. The summed E-state index contributed by atoms with van der Waals surface area (Å²) < 4.78 is 28.3. The summed E-state index contributed by atoms with van der Waals surface area (Å²) in [5, 5.41) is 1.18. The number of carbonyl (C=O) groups is 1. The van der Waals surface area contributed by atoms with Gasteiger partial charge in [0.05, 0.1) is 16.5 Å². The van der Waals surface area contributed by atoms with E-state index in [0.717, 1.165) is 30.0 Å². The Bertz CT molecular complexity index is 1360. The number of amides is 1. The maximum Gasteiger partial charge on any atom is 0.269 e. The molecule has 0 bridgehead atoms. The smallest absolute Gasteiger partial charge is 0.269 e. The molecule has 1 amide bonds. The second-order valence-electron chi connectivity index (χ2n) is 8.11. The van der Waals surface area contributed by atoms with E-state index in [9.17, 15) is 18.0 Å². The molecule has 0 unspecified atom stereocenters. The number of thioether (sulfide) groups is 1. The molecule has 1 saturated carbocycles. The average molecular weight is 470 g/mol. The molecule has 1 aliphatic heterocycles. The van der Waals surface area contributed by atoms with Gasteiger partial charge in [-0.15, -0.1) is 0 Å². The van der Waals surface area contributed by atoms with E-state index < -0.39 is 15.9 Å². The Morgan fingerprint density at radius 3 is 2.47 bits per heavy atom. The van der Waals surface area contributed by atoms with Crippen LogP contribution >= 0.6 is 11.8 Å². The van der Waals surface area contributed by atoms with Crippen LogP contribution in [0.1, 0.15) is 48.5 Å². The van der Waals surface area contributed by atoms with Gasteiger partial charge < -0.3 is 0 Å². The normalized spacial score (nSPS) is 18.2. The van der Waals surface area contributed by atoms with E-state index >= 15 is 0 Å². The van der Waals surface area contributed by atoms with Crippen LogP contribution in [0.4, 0.5) is 0 Å². The monoisotopic (exact) mass is 469 g/mol. The zero-order valence-electron chi connectivity index (χ0n) is 17.4. The zero-order valence-corrected chi connectivity index (χ0v) is 19.1. The lowest BCUT2D eigenvalue weighted by molar-refractivity contribution is 0.0876. The summed E-state index contributed by atoms with van der Waals surface area (Å²) in [6, 6.07) is 13.7. The van der Waals surface area contributed by atoms with E-state index in [1.165, 1.54) is 30.3 Å². The maximum absolute atomic E-state index is 13.3. The predicted octanol–water partition coefficient (Wildman–Crippen LogP) is 3.84. The molecule has 0 saturated heterocycles. The molecule has 3 aromatic rings. The Labute approximate surface area is 190 Å². The van der Waals surface area contributed by atoms with Crippen molar-refractivity contribution in [1.82, 2.24) is 13.9 Å². The molecule has 0 atom stereocenters. The van der Waals surface area contributed by atoms with Gasteiger partial charge in [-0.3, -0.25) is 14.2 Å². The van der Waals surface area contributed by atoms with E-state index in [1.807, 2.05) is 18.2 Å². The number of hydrogen-bond donors (Lipinski definition) is 0. The Morgan fingerprint density at radius 2 is 1.69 bits per heavy atom. The van der Waals surface area contributed by atoms with Crippen molar-refractivity contribution in [2.75, 3.05) is 12.3 Å². The first-order valence-corrected chi connectivity index (χ1v) is 13.2. The van der Waals surface area contributed by atoms with E-state index in [1.54, 1.807) is 22.8 Å². The first-order chi connectivity index (χ1) is 15.5. The maximum atomic E-state index is 13.3. The van der Waals surface area contributed by atoms with Crippen molar-refractivity contribution >= 4 is 38.6 Å². The van der Waals surface area contributed by atoms with Gasteiger partial charge in [-0.05, 0) is 37.1 Å². The SMILES string of the molecule is O=C1c2ccccc2S(=O)(=O)N1CCSc1nc2ccccc2c(=O)n1C1CCCCC1. The summed E-state index contributed by atoms with van der Waals surface area (Å²) in [7, 11) is -3.84. The molecule has 32 heavy (non-hydrogen) atoms. The molecule has 0 N–H and O–H groups in total. The van der Waals surface area contributed by atoms with Crippen molar-refractivity contribution in [2.24, 2.45) is 0 Å². The Balaban J connectivity index is 1.43. The highest BCUT2D eigenvalue weighted by Crippen LogP contribution is 2.33. The highest BCUT2D eigenvalue weighted by molar-refractivity contribution is 7.99. The van der Waals surface area contributed by atoms with Crippen LogP contribution in [-0.4, -0.2) is 40.5 Å². The molecule has 9 heteroatoms. The molecule has 5 rings (SSSR count). The molecule has 0 radical (unpaired) electrons. The third-order valence-electron chi connectivity index (χ3n) is 6.15. The van der Waals surface area contributed by atoms with Gasteiger partial charge in [0, 0.05) is 18.3 Å². The van der Waals surface area contributed by atoms with Crippen molar-refractivity contribution in [3.8, 4) is 0 Å². The van der Waals surface area contributed by atoms with Crippen molar-refractivity contribution in [2.45, 2.75) is 48.2 Å². The molecule has 1 fully saturated rings. The van der Waals surface area contributed by atoms with E-state index in [2.05, 4.69) is 0 Å². The third-order valence-corrected chi connectivity index (χ3v) is 8.93. The van der Waals surface area contributed by atoms with E-state index in [0.29, 0.717) is 21.8 Å². The van der Waals surface area contributed by atoms with Crippen LogP contribution in [0.2, 0.25) is 0 Å². The van der Waals surface area contributed by atoms with Gasteiger partial charge in [-0.1, -0.05) is 55.3 Å². The Morgan fingerprint density at radius 1 is 0.969 bits per heavy atom. The van der Waals surface area contributed by atoms with Crippen molar-refractivity contribution in [1.29, 1.82) is 0 Å². The van der Waals surface area contributed by atoms with Gasteiger partial charge in [0.2, 0.25) is 0 Å². The van der Waals surface area contributed by atoms with Crippen molar-refractivity contribution in [3.05, 3.63) is 64.4 Å². The molecule has 2 aromatic carbocycles. The minimum Gasteiger partial charge on any atom is -0.284 e. The fraction of sp³-hybridized carbons (Fsp3) is 0.348. The van der Waals surface area contributed by atoms with Crippen LogP contribution in [0.25, 0.3) is 10.9 Å². The van der Waals surface area contributed by atoms with Gasteiger partial charge >= 0.3 is 0 Å². The summed E-state index contributed by atoms with van der Waals surface area (Å²) in [6.07, 6.45) is 5.19. The number of carbonyl (C=O) groups excluding carboxylic acids is 1. The first-order valence-electron chi connectivity index (χ1n) is 10.8. The number of nitrogens with zero attached hydrogens (tertiary/aromatic N) is 3. The molecule has 166 valence electrons. The van der Waals surface area contributed by atoms with Crippen LogP contribution < -0.4 is 5.56 Å². The molecule has 2 aliphatic rings. The molecular formula is C23H23N3O4S2. The van der Waals surface area contributed by atoms with Crippen LogP contribution in [0, 0.1) is 0 Å². The number of aromatic nitrogens is 2. The second kappa shape index (κ2) is 8.37. The van der Waals surface area contributed by atoms with Crippen molar-refractivity contribution < 1.29 is 13.2 Å². The molecule has 0 spiro atoms. The number of benzene rings is 2. The van der Waals surface area contributed by atoms with E-state index in [-0.39, 0.29) is 28.6 Å². The largest absolute Gasteiger partial charge is 0.284 e. The summed E-state index contributed by atoms with van der Waals surface area (Å²) in [5.74, 6) is -0.187. The minimum atomic E-state index is -3.84. The zero-order chi connectivity index (χ0) is 22.3. The van der Waals surface area contributed by atoms with Crippen LogP contribution in [0.5, 0.6) is 0 Å². The summed E-state index contributed by atoms with van der Waals surface area (Å²) in [5.41, 5.74) is 0.784. The van der Waals surface area contributed by atoms with Gasteiger partial charge in [0.1, 0.15) is 4.90 Å². The number of sulfonamides is 1. The summed E-state index contributed by atoms with van der Waals surface area (Å²) in [6.45, 7) is 0.0217. The number of fused-ring (bicyclic) bond motifs is 2. The lowest BCUT2D eigenvalue weighted by atomic mass is 9.95. The molecule has 1 aromatic heterocycles. The van der Waals surface area contributed by atoms with Crippen LogP contribution in [-0.2, 0) is 10.0 Å². The first kappa shape index (κ1) is 21.2. The van der Waals surface area contributed by atoms with Crippen LogP contribution in [0.3, 0.4) is 0 Å². The number of para-hydroxylation sites is 1. The highest BCUT2D eigenvalue weighted by Gasteiger charge is 2.40. The number of rotatable bonds is 5. The quantitative estimate of drug-likeness (QED) is 0.417. The summed E-state index contributed by atoms with van der Waals surface area (Å²) >= 11 is 1.33. The van der Waals surface area contributed by atoms with Gasteiger partial charge in [0.25, 0.3) is 21.5 Å². The van der Waals surface area contributed by atoms with Crippen molar-refractivity contribution in [3.63, 3.8) is 0 Å². The lowest BCUT2D eigenvalue weighted by Crippen LogP contribution is -2.32. The molecule has 2 heterocycles. The van der Waals surface area contributed by atoms with E-state index in [4.69, 9.17) is 4.98 Å². The molecule has 1 aliphatic carbocycles. The minimum absolute atomic E-state index is 0.0217. The van der Waals surface area contributed by atoms with Gasteiger partial charge in [-0.25, -0.2) is 17.7 Å². The third kappa shape index (κ3) is 3.53. The number of hydrogen-bond acceptors (Lipinski definition) is 6. The van der Waals surface area contributed by atoms with Gasteiger partial charge in [-0.2, -0.15) is 0 Å². The molecule has 7 nitrogen and oxygen atoms in total. The molecular weight excluding hydrogens is 446 g/mol.